The van der Waals surface area contributed by atoms with Gasteiger partial charge in [0.15, 0.2) is 11.0 Å². The number of furan rings is 1. The fourth-order valence-electron chi connectivity index (χ4n) is 3.92. The molecule has 4 aromatic heterocycles. The summed E-state index contributed by atoms with van der Waals surface area (Å²) in [6, 6.07) is 3.88. The number of H-pyrrole nitrogens is 1. The van der Waals surface area contributed by atoms with Crippen molar-refractivity contribution in [3.63, 3.8) is 0 Å². The Labute approximate surface area is 201 Å². The van der Waals surface area contributed by atoms with Crippen LogP contribution < -0.4 is 5.56 Å². The molecule has 0 saturated heterocycles. The number of unbranched alkanes of at least 4 members (excludes halogenated alkanes) is 1. The molecule has 0 bridgehead atoms. The number of rotatable bonds is 10. The molecule has 10 heteroatoms. The molecule has 1 N–H and O–H groups in total. The van der Waals surface area contributed by atoms with Gasteiger partial charge in [-0.05, 0) is 46.0 Å². The van der Waals surface area contributed by atoms with Crippen LogP contribution in [0.5, 0.6) is 0 Å². The number of nitrogens with zero attached hydrogens (tertiary/aromatic N) is 5. The van der Waals surface area contributed by atoms with E-state index in [0.29, 0.717) is 21.8 Å². The van der Waals surface area contributed by atoms with Crippen LogP contribution in [0.4, 0.5) is 0 Å². The second kappa shape index (κ2) is 10.2. The number of nitrogens with one attached hydrogen (secondary N) is 1. The van der Waals surface area contributed by atoms with Gasteiger partial charge in [-0.1, -0.05) is 32.0 Å². The van der Waals surface area contributed by atoms with E-state index in [0.717, 1.165) is 42.4 Å². The van der Waals surface area contributed by atoms with Crippen molar-refractivity contribution in [2.24, 2.45) is 0 Å². The van der Waals surface area contributed by atoms with Crippen molar-refractivity contribution in [1.29, 1.82) is 0 Å². The van der Waals surface area contributed by atoms with Crippen molar-refractivity contribution in [2.75, 3.05) is 14.1 Å². The topological polar surface area (TPSA) is 92.8 Å². The molecule has 0 aromatic carbocycles. The lowest BCUT2D eigenvalue weighted by atomic mass is 10.2. The summed E-state index contributed by atoms with van der Waals surface area (Å²) in [4.78, 5) is 23.6. The van der Waals surface area contributed by atoms with Crippen LogP contribution >= 0.6 is 23.1 Å². The first-order valence-corrected chi connectivity index (χ1v) is 13.0. The van der Waals surface area contributed by atoms with E-state index in [-0.39, 0.29) is 16.9 Å². The zero-order valence-electron chi connectivity index (χ0n) is 19.7. The van der Waals surface area contributed by atoms with E-state index in [4.69, 9.17) is 9.40 Å². The summed E-state index contributed by atoms with van der Waals surface area (Å²) in [6.07, 6.45) is 4.72. The van der Waals surface area contributed by atoms with Crippen molar-refractivity contribution < 1.29 is 4.42 Å². The van der Waals surface area contributed by atoms with Crippen LogP contribution in [0.1, 0.15) is 63.0 Å². The molecule has 0 amide bonds. The molecule has 0 radical (unpaired) electrons. The van der Waals surface area contributed by atoms with Crippen LogP contribution in [-0.2, 0) is 6.54 Å². The first-order valence-electron chi connectivity index (χ1n) is 11.3. The second-order valence-corrected chi connectivity index (χ2v) is 10.4. The second-order valence-electron chi connectivity index (χ2n) is 8.25. The van der Waals surface area contributed by atoms with E-state index >= 15 is 0 Å². The molecule has 2 unspecified atom stereocenters. The maximum absolute atomic E-state index is 13.0. The van der Waals surface area contributed by atoms with Crippen molar-refractivity contribution >= 4 is 33.3 Å². The summed E-state index contributed by atoms with van der Waals surface area (Å²) in [6.45, 7) is 7.27. The molecule has 0 aliphatic heterocycles. The lowest BCUT2D eigenvalue weighted by Crippen LogP contribution is -2.23. The molecule has 0 aliphatic rings. The summed E-state index contributed by atoms with van der Waals surface area (Å²) < 4.78 is 7.72. The number of thioether (sulfide) groups is 1. The molecule has 8 nitrogen and oxygen atoms in total. The highest BCUT2D eigenvalue weighted by Crippen LogP contribution is 2.36. The Morgan fingerprint density at radius 1 is 1.30 bits per heavy atom. The summed E-state index contributed by atoms with van der Waals surface area (Å²) in [5, 5.41) is 12.3. The molecule has 0 aliphatic carbocycles. The van der Waals surface area contributed by atoms with E-state index in [1.54, 1.807) is 18.0 Å². The van der Waals surface area contributed by atoms with Crippen molar-refractivity contribution in [2.45, 2.75) is 63.0 Å². The lowest BCUT2D eigenvalue weighted by Gasteiger charge is -2.23. The highest BCUT2D eigenvalue weighted by atomic mass is 32.2. The minimum absolute atomic E-state index is 0.0897. The quantitative estimate of drug-likeness (QED) is 0.296. The lowest BCUT2D eigenvalue weighted by molar-refractivity contribution is 0.270. The monoisotopic (exact) mass is 486 g/mol. The van der Waals surface area contributed by atoms with Crippen molar-refractivity contribution in [3.8, 4) is 11.3 Å². The van der Waals surface area contributed by atoms with Crippen LogP contribution in [0.3, 0.4) is 0 Å². The summed E-state index contributed by atoms with van der Waals surface area (Å²) in [5.74, 6) is 2.30. The van der Waals surface area contributed by atoms with Gasteiger partial charge in [0, 0.05) is 17.5 Å². The van der Waals surface area contributed by atoms with E-state index in [1.807, 2.05) is 24.4 Å². The summed E-state index contributed by atoms with van der Waals surface area (Å²) in [5.41, 5.74) is 0.626. The third-order valence-electron chi connectivity index (χ3n) is 5.70. The molecular weight excluding hydrogens is 456 g/mol. The van der Waals surface area contributed by atoms with E-state index in [9.17, 15) is 4.79 Å². The van der Waals surface area contributed by atoms with Gasteiger partial charge in [-0.25, -0.2) is 4.98 Å². The Kier molecular flexibility index (Phi) is 7.35. The van der Waals surface area contributed by atoms with Gasteiger partial charge in [0.05, 0.1) is 22.9 Å². The van der Waals surface area contributed by atoms with E-state index < -0.39 is 0 Å². The predicted molar refractivity (Wildman–Crippen MR) is 134 cm³/mol. The Hall–Kier alpha value is -2.43. The van der Waals surface area contributed by atoms with Gasteiger partial charge in [0.1, 0.15) is 16.4 Å². The van der Waals surface area contributed by atoms with Crippen molar-refractivity contribution in [1.82, 2.24) is 29.6 Å². The first-order chi connectivity index (χ1) is 15.9. The van der Waals surface area contributed by atoms with Crippen LogP contribution in [0, 0.1) is 0 Å². The molecule has 33 heavy (non-hydrogen) atoms. The smallest absolute Gasteiger partial charge is 0.260 e. The number of hydrogen-bond acceptors (Lipinski definition) is 8. The summed E-state index contributed by atoms with van der Waals surface area (Å²) in [7, 11) is 4.15. The van der Waals surface area contributed by atoms with Gasteiger partial charge in [0.25, 0.3) is 5.56 Å². The summed E-state index contributed by atoms with van der Waals surface area (Å²) >= 11 is 3.03. The third kappa shape index (κ3) is 4.78. The number of aromatic amines is 1. The minimum Gasteiger partial charge on any atom is -0.464 e. The molecule has 0 fully saturated rings. The van der Waals surface area contributed by atoms with Gasteiger partial charge >= 0.3 is 0 Å². The zero-order valence-corrected chi connectivity index (χ0v) is 21.3. The molecule has 4 aromatic rings. The SMILES string of the molecule is CCCCn1c(SC(C)c2nc3scc(-c4ccco4)c3c(=O)[nH]2)nnc1C(CC)N(C)C. The molecule has 4 heterocycles. The fraction of sp³-hybridized carbons (Fsp3) is 0.478. The van der Waals surface area contributed by atoms with Crippen LogP contribution in [0.25, 0.3) is 21.5 Å². The predicted octanol–water partition coefficient (Wildman–Crippen LogP) is 5.50. The highest BCUT2D eigenvalue weighted by Gasteiger charge is 2.24. The van der Waals surface area contributed by atoms with Gasteiger partial charge < -0.3 is 14.0 Å². The number of hydrogen-bond donors (Lipinski definition) is 1. The molecule has 4 rings (SSSR count). The Balaban J connectivity index is 1.65. The number of aromatic nitrogens is 5. The van der Waals surface area contributed by atoms with Crippen LogP contribution in [0.15, 0.2) is 38.1 Å². The third-order valence-corrected chi connectivity index (χ3v) is 7.67. The molecule has 2 atom stereocenters. The van der Waals surface area contributed by atoms with Gasteiger partial charge in [-0.15, -0.1) is 21.5 Å². The zero-order chi connectivity index (χ0) is 23.5. The molecule has 0 saturated carbocycles. The standard InChI is InChI=1S/C23H30N6O2S2/c1-6-8-11-29-20(16(7-2)28(4)5)26-27-23(29)33-14(3)19-24-21(30)18-15(13-32-22(18)25-19)17-10-9-12-31-17/h9-10,12-14,16H,6-8,11H2,1-5H3,(H,24,25,30). The van der Waals surface area contributed by atoms with Crippen LogP contribution in [0.2, 0.25) is 0 Å². The molecular formula is C23H30N6O2S2. The van der Waals surface area contributed by atoms with Crippen LogP contribution in [-0.4, -0.2) is 43.7 Å². The van der Waals surface area contributed by atoms with E-state index in [1.165, 1.54) is 11.3 Å². The largest absolute Gasteiger partial charge is 0.464 e. The normalized spacial score (nSPS) is 13.8. The average molecular weight is 487 g/mol. The Morgan fingerprint density at radius 3 is 2.79 bits per heavy atom. The average Bonchev–Trinajstić information content (AvgIpc) is 3.53. The van der Waals surface area contributed by atoms with Gasteiger partial charge in [-0.3, -0.25) is 9.69 Å². The van der Waals surface area contributed by atoms with Crippen molar-refractivity contribution in [3.05, 3.63) is 45.8 Å². The van der Waals surface area contributed by atoms with Gasteiger partial charge in [-0.2, -0.15) is 0 Å². The fourth-order valence-corrected chi connectivity index (χ4v) is 5.80. The van der Waals surface area contributed by atoms with Gasteiger partial charge in [0.2, 0.25) is 0 Å². The first kappa shape index (κ1) is 23.7. The minimum atomic E-state index is -0.151. The number of fused-ring (bicyclic) bond motifs is 1. The maximum Gasteiger partial charge on any atom is 0.260 e. The Bertz CT molecular complexity index is 1260. The highest BCUT2D eigenvalue weighted by molar-refractivity contribution is 7.99. The number of thiophene rings is 1. The molecule has 176 valence electrons. The maximum atomic E-state index is 13.0. The Morgan fingerprint density at radius 2 is 2.12 bits per heavy atom. The van der Waals surface area contributed by atoms with E-state index in [2.05, 4.69) is 52.6 Å². The molecule has 0 spiro atoms.